The number of oxazole rings is 2. The highest BCUT2D eigenvalue weighted by atomic mass is 19.4. The molecular formula is C61H60F6N8O8. The number of methoxy groups -OCH3 is 1. The molecule has 4 atom stereocenters. The van der Waals surface area contributed by atoms with Crippen molar-refractivity contribution in [3.05, 3.63) is 179 Å². The lowest BCUT2D eigenvalue weighted by atomic mass is 9.90. The average Bonchev–Trinajstić information content (AvgIpc) is 4.49. The summed E-state index contributed by atoms with van der Waals surface area (Å²) in [5.74, 6) is 1.02. The third-order valence-electron chi connectivity index (χ3n) is 14.6. The van der Waals surface area contributed by atoms with E-state index in [0.717, 1.165) is 75.4 Å². The average molecular weight is 1150 g/mol. The zero-order valence-electron chi connectivity index (χ0n) is 45.6. The minimum atomic E-state index is -4.60. The molecule has 6 heterocycles. The van der Waals surface area contributed by atoms with Gasteiger partial charge in [0.15, 0.2) is 0 Å². The van der Waals surface area contributed by atoms with Crippen LogP contribution in [0.1, 0.15) is 58.3 Å². The number of carboxylic acid groups (broad SMARTS) is 1. The number of hydrogen-bond acceptors (Lipinski definition) is 15. The Morgan fingerprint density at radius 2 is 0.964 bits per heavy atom. The van der Waals surface area contributed by atoms with Crippen LogP contribution in [0.15, 0.2) is 143 Å². The van der Waals surface area contributed by atoms with Crippen molar-refractivity contribution >= 4 is 23.8 Å². The van der Waals surface area contributed by atoms with Crippen molar-refractivity contribution in [1.82, 2.24) is 29.9 Å². The fourth-order valence-electron chi connectivity index (χ4n) is 10.1. The Morgan fingerprint density at radius 3 is 1.36 bits per heavy atom. The van der Waals surface area contributed by atoms with Crippen LogP contribution in [0.3, 0.4) is 0 Å². The molecule has 4 aromatic heterocycles. The van der Waals surface area contributed by atoms with Crippen molar-refractivity contribution < 1.29 is 64.1 Å². The molecular weight excluding hydrogens is 1090 g/mol. The number of hydrogen-bond donors (Lipinski definition) is 1. The quantitative estimate of drug-likeness (QED) is 0.0559. The molecule has 83 heavy (non-hydrogen) atoms. The molecule has 434 valence electrons. The number of benzene rings is 4. The molecule has 0 spiro atoms. The number of halogens is 6. The third kappa shape index (κ3) is 15.4. The maximum Gasteiger partial charge on any atom is 0.433 e. The number of aryl methyl sites for hydroxylation is 4. The van der Waals surface area contributed by atoms with Crippen LogP contribution < -0.4 is 19.3 Å². The van der Waals surface area contributed by atoms with Gasteiger partial charge < -0.3 is 38.0 Å². The fourth-order valence-corrected chi connectivity index (χ4v) is 10.1. The first-order chi connectivity index (χ1) is 39.9. The first-order valence-corrected chi connectivity index (χ1v) is 27.0. The second-order valence-electron chi connectivity index (χ2n) is 20.2. The lowest BCUT2D eigenvalue weighted by Gasteiger charge is -2.17. The number of aromatic nitrogens is 6. The van der Waals surface area contributed by atoms with Gasteiger partial charge in [0.25, 0.3) is 0 Å². The number of alkyl halides is 6. The normalized spacial score (nSPS) is 17.0. The van der Waals surface area contributed by atoms with Crippen molar-refractivity contribution in [2.24, 2.45) is 23.7 Å². The topological polar surface area (TPSA) is 192 Å². The molecule has 0 amide bonds. The van der Waals surface area contributed by atoms with Crippen molar-refractivity contribution in [1.29, 1.82) is 0 Å². The molecule has 2 aliphatic heterocycles. The molecule has 0 bridgehead atoms. The largest absolute Gasteiger partial charge is 0.493 e. The summed E-state index contributed by atoms with van der Waals surface area (Å²) in [5.41, 5.74) is 3.54. The minimum absolute atomic E-state index is 0.0418. The van der Waals surface area contributed by atoms with Gasteiger partial charge in [0.2, 0.25) is 23.7 Å². The standard InChI is InChI=1S/C31H31F3N4O4.C30H29F3N4O4/c1-20-26(36-28(42-20)22-6-4-3-5-7-22)15-17-41-24-12-9-21(10-13-24)8-11-23-18-38(19-25(23)29(39)40-2)30-35-16-14-27(37-30)31(32,33)34;1-19-25(35-27(41-19)21-5-3-2-4-6-21)14-16-40-23-11-8-20(9-12-23)7-10-22-17-37(18-24(22)28(38)39)29-34-15-13-26(36-29)30(31,32)33/h3-7,9-10,12-14,16,23,25H,8,11,15,17-19H2,1-2H3;2-6,8-9,11-13,15,22,24H,7,10,14,16-18H2,1H3,(H,38,39)/t23-,25+;22-,24+/m11/s1. The van der Waals surface area contributed by atoms with Crippen LogP contribution in [0.4, 0.5) is 38.2 Å². The van der Waals surface area contributed by atoms with Crippen molar-refractivity contribution in [2.75, 3.05) is 56.3 Å². The summed E-state index contributed by atoms with van der Waals surface area (Å²) in [5, 5.41) is 9.73. The van der Waals surface area contributed by atoms with E-state index in [1.165, 1.54) is 12.0 Å². The molecule has 2 saturated heterocycles. The first kappa shape index (κ1) is 58.8. The predicted octanol–water partition coefficient (Wildman–Crippen LogP) is 11.8. The molecule has 1 N–H and O–H groups in total. The van der Waals surface area contributed by atoms with Gasteiger partial charge in [0.1, 0.15) is 34.4 Å². The van der Waals surface area contributed by atoms with E-state index in [1.807, 2.05) is 123 Å². The van der Waals surface area contributed by atoms with Gasteiger partial charge in [-0.2, -0.15) is 26.3 Å². The number of carbonyl (C=O) groups is 2. The minimum Gasteiger partial charge on any atom is -0.493 e. The Bertz CT molecular complexity index is 3420. The summed E-state index contributed by atoms with van der Waals surface area (Å²) in [4.78, 5) is 52.0. The SMILES string of the molecule is COC(=O)[C@H]1CN(c2nccc(C(F)(F)F)n2)C[C@H]1CCc1ccc(OCCc2nc(-c3ccccc3)oc2C)cc1.Cc1oc(-c2ccccc2)nc1CCOc1ccc(CC[C@@H]2CN(c3nccc(C(F)(F)F)n3)C[C@@H]2C(=O)O)cc1. The maximum atomic E-state index is 13.2. The molecule has 22 heteroatoms. The highest BCUT2D eigenvalue weighted by Gasteiger charge is 2.42. The van der Waals surface area contributed by atoms with Gasteiger partial charge in [-0.05, 0) is 123 Å². The van der Waals surface area contributed by atoms with E-state index >= 15 is 0 Å². The predicted molar refractivity (Wildman–Crippen MR) is 293 cm³/mol. The first-order valence-electron chi connectivity index (χ1n) is 27.0. The molecule has 16 nitrogen and oxygen atoms in total. The molecule has 0 aliphatic carbocycles. The summed E-state index contributed by atoms with van der Waals surface area (Å²) in [6.45, 7) is 5.53. The number of ether oxygens (including phenoxy) is 3. The summed E-state index contributed by atoms with van der Waals surface area (Å²) < 4.78 is 107. The second kappa shape index (κ2) is 26.4. The van der Waals surface area contributed by atoms with Gasteiger partial charge in [-0.25, -0.2) is 29.9 Å². The van der Waals surface area contributed by atoms with Crippen LogP contribution in [-0.4, -0.2) is 93.5 Å². The zero-order chi connectivity index (χ0) is 58.7. The van der Waals surface area contributed by atoms with Crippen LogP contribution in [-0.2, 0) is 52.4 Å². The summed E-state index contributed by atoms with van der Waals surface area (Å²) in [6, 6.07) is 36.4. The lowest BCUT2D eigenvalue weighted by molar-refractivity contribution is -0.146. The Kier molecular flexibility index (Phi) is 18.7. The maximum absolute atomic E-state index is 13.2. The molecule has 2 fully saturated rings. The Hall–Kier alpha value is -8.82. The zero-order valence-corrected chi connectivity index (χ0v) is 45.6. The Morgan fingerprint density at radius 1 is 0.554 bits per heavy atom. The van der Waals surface area contributed by atoms with Crippen LogP contribution in [0.5, 0.6) is 11.5 Å². The number of anilines is 2. The third-order valence-corrected chi connectivity index (χ3v) is 14.6. The molecule has 8 aromatic rings. The van der Waals surface area contributed by atoms with Gasteiger partial charge in [-0.15, -0.1) is 0 Å². The monoisotopic (exact) mass is 1150 g/mol. The van der Waals surface area contributed by atoms with Crippen molar-refractivity contribution in [2.45, 2.75) is 64.7 Å². The van der Waals surface area contributed by atoms with Crippen LogP contribution in [0.25, 0.3) is 22.9 Å². The number of carboxylic acids is 1. The van der Waals surface area contributed by atoms with E-state index in [4.69, 9.17) is 23.0 Å². The number of rotatable bonds is 20. The summed E-state index contributed by atoms with van der Waals surface area (Å²) >= 11 is 0. The number of carbonyl (C=O) groups excluding carboxylic acids is 1. The van der Waals surface area contributed by atoms with Gasteiger partial charge in [0.05, 0.1) is 43.5 Å². The molecule has 10 rings (SSSR count). The van der Waals surface area contributed by atoms with Crippen LogP contribution >= 0.6 is 0 Å². The molecule has 0 radical (unpaired) electrons. The van der Waals surface area contributed by atoms with Crippen molar-refractivity contribution in [3.63, 3.8) is 0 Å². The number of nitrogens with zero attached hydrogens (tertiary/aromatic N) is 8. The summed E-state index contributed by atoms with van der Waals surface area (Å²) in [6.07, 6.45) is -3.35. The molecule has 0 unspecified atom stereocenters. The van der Waals surface area contributed by atoms with E-state index in [1.54, 1.807) is 4.90 Å². The molecule has 2 aliphatic rings. The van der Waals surface area contributed by atoms with Gasteiger partial charge in [-0.1, -0.05) is 60.7 Å². The Labute approximate surface area is 474 Å². The van der Waals surface area contributed by atoms with E-state index in [0.29, 0.717) is 75.8 Å². The highest BCUT2D eigenvalue weighted by molar-refractivity contribution is 5.74. The van der Waals surface area contributed by atoms with E-state index < -0.39 is 47.5 Å². The van der Waals surface area contributed by atoms with Crippen LogP contribution in [0.2, 0.25) is 0 Å². The van der Waals surface area contributed by atoms with Crippen LogP contribution in [0, 0.1) is 37.5 Å². The lowest BCUT2D eigenvalue weighted by Crippen LogP contribution is -2.26. The molecule has 0 saturated carbocycles. The Balaban J connectivity index is 0.000000200. The van der Waals surface area contributed by atoms with Gasteiger partial charge in [0, 0.05) is 62.5 Å². The number of aliphatic carboxylic acids is 1. The highest BCUT2D eigenvalue weighted by Crippen LogP contribution is 2.36. The van der Waals surface area contributed by atoms with Gasteiger partial charge >= 0.3 is 24.3 Å². The molecule has 4 aromatic carbocycles. The fraction of sp³-hybridized carbons (Fsp3) is 0.344. The smallest absolute Gasteiger partial charge is 0.433 e. The van der Waals surface area contributed by atoms with E-state index in [9.17, 15) is 41.0 Å². The van der Waals surface area contributed by atoms with Crippen molar-refractivity contribution in [3.8, 4) is 34.4 Å². The van der Waals surface area contributed by atoms with Gasteiger partial charge in [-0.3, -0.25) is 9.59 Å². The van der Waals surface area contributed by atoms with E-state index in [2.05, 4.69) is 29.9 Å². The number of esters is 1. The van der Waals surface area contributed by atoms with E-state index in [-0.39, 0.29) is 43.4 Å². The second-order valence-corrected chi connectivity index (χ2v) is 20.2. The summed E-state index contributed by atoms with van der Waals surface area (Å²) in [7, 11) is 1.31.